The number of hydrogen-bond acceptors (Lipinski definition) is 4. The highest BCUT2D eigenvalue weighted by atomic mass is 32.1. The van der Waals surface area contributed by atoms with E-state index in [9.17, 15) is 0 Å². The summed E-state index contributed by atoms with van der Waals surface area (Å²) in [7, 11) is 0. The molecule has 3 nitrogen and oxygen atoms in total. The van der Waals surface area contributed by atoms with Crippen LogP contribution < -0.4 is 10.2 Å². The number of aromatic nitrogens is 1. The first-order chi connectivity index (χ1) is 9.33. The number of hydrogen-bond donors (Lipinski definition) is 1. The minimum absolute atomic E-state index is 0.765. The quantitative estimate of drug-likeness (QED) is 0.789. The van der Waals surface area contributed by atoms with Crippen molar-refractivity contribution in [2.24, 2.45) is 0 Å². The summed E-state index contributed by atoms with van der Waals surface area (Å²) >= 11 is 1.94. The van der Waals surface area contributed by atoms with Gasteiger partial charge in [-0.25, -0.2) is 4.98 Å². The Labute approximate surface area is 120 Å². The Kier molecular flexibility index (Phi) is 4.08. The molecule has 0 spiro atoms. The SMILES string of the molecule is CCCN(c1nc(C2CC2)c(CNCC)s1)C1CC1. The number of nitrogens with one attached hydrogen (secondary N) is 1. The maximum atomic E-state index is 5.01. The van der Waals surface area contributed by atoms with E-state index in [4.69, 9.17) is 4.98 Å². The average Bonchev–Trinajstić information content (AvgIpc) is 3.31. The molecule has 1 aromatic heterocycles. The van der Waals surface area contributed by atoms with Crippen molar-refractivity contribution in [2.45, 2.75) is 64.5 Å². The van der Waals surface area contributed by atoms with Gasteiger partial charge in [-0.3, -0.25) is 0 Å². The van der Waals surface area contributed by atoms with Crippen molar-refractivity contribution in [3.05, 3.63) is 10.6 Å². The lowest BCUT2D eigenvalue weighted by molar-refractivity contribution is 0.725. The first kappa shape index (κ1) is 13.4. The van der Waals surface area contributed by atoms with Crippen molar-refractivity contribution in [2.75, 3.05) is 18.0 Å². The van der Waals surface area contributed by atoms with Gasteiger partial charge in [-0.05, 0) is 38.6 Å². The molecular weight excluding hydrogens is 254 g/mol. The summed E-state index contributed by atoms with van der Waals surface area (Å²) in [6, 6.07) is 0.783. The summed E-state index contributed by atoms with van der Waals surface area (Å²) in [6.07, 6.45) is 6.64. The predicted molar refractivity (Wildman–Crippen MR) is 82.1 cm³/mol. The van der Waals surface area contributed by atoms with Crippen molar-refractivity contribution in [3.63, 3.8) is 0 Å². The minimum atomic E-state index is 0.765. The second-order valence-corrected chi connectivity index (χ2v) is 6.85. The molecule has 4 heteroatoms. The van der Waals surface area contributed by atoms with E-state index in [2.05, 4.69) is 24.1 Å². The summed E-state index contributed by atoms with van der Waals surface area (Å²) in [5.74, 6) is 0.765. The molecule has 3 rings (SSSR count). The van der Waals surface area contributed by atoms with E-state index in [-0.39, 0.29) is 0 Å². The molecule has 2 saturated carbocycles. The van der Waals surface area contributed by atoms with Gasteiger partial charge in [-0.2, -0.15) is 0 Å². The lowest BCUT2D eigenvalue weighted by Crippen LogP contribution is -2.26. The fourth-order valence-corrected chi connectivity index (χ4v) is 3.79. The van der Waals surface area contributed by atoms with Gasteiger partial charge >= 0.3 is 0 Å². The number of anilines is 1. The van der Waals surface area contributed by atoms with E-state index in [1.165, 1.54) is 54.4 Å². The molecule has 0 saturated heterocycles. The zero-order chi connectivity index (χ0) is 13.2. The molecule has 1 N–H and O–H groups in total. The first-order valence-corrected chi connectivity index (χ1v) is 8.62. The summed E-state index contributed by atoms with van der Waals surface area (Å²) in [5, 5.41) is 4.76. The van der Waals surface area contributed by atoms with E-state index in [1.807, 2.05) is 11.3 Å². The molecule has 2 aliphatic carbocycles. The lowest BCUT2D eigenvalue weighted by Gasteiger charge is -2.20. The second-order valence-electron chi connectivity index (χ2n) is 5.78. The molecule has 0 aliphatic heterocycles. The summed E-state index contributed by atoms with van der Waals surface area (Å²) in [5.41, 5.74) is 1.41. The van der Waals surface area contributed by atoms with Crippen molar-refractivity contribution in [1.82, 2.24) is 10.3 Å². The van der Waals surface area contributed by atoms with E-state index in [0.717, 1.165) is 25.0 Å². The molecule has 0 atom stereocenters. The van der Waals surface area contributed by atoms with Gasteiger partial charge in [0.1, 0.15) is 0 Å². The van der Waals surface area contributed by atoms with Crippen molar-refractivity contribution >= 4 is 16.5 Å². The fraction of sp³-hybridized carbons (Fsp3) is 0.800. The number of rotatable bonds is 8. The maximum Gasteiger partial charge on any atom is 0.186 e. The third-order valence-electron chi connectivity index (χ3n) is 3.91. The van der Waals surface area contributed by atoms with Crippen LogP contribution in [0.5, 0.6) is 0 Å². The van der Waals surface area contributed by atoms with E-state index >= 15 is 0 Å². The van der Waals surface area contributed by atoms with Crippen molar-refractivity contribution in [1.29, 1.82) is 0 Å². The lowest BCUT2D eigenvalue weighted by atomic mass is 10.2. The van der Waals surface area contributed by atoms with Crippen molar-refractivity contribution in [3.8, 4) is 0 Å². The maximum absolute atomic E-state index is 5.01. The Bertz CT molecular complexity index is 421. The van der Waals surface area contributed by atoms with Crippen LogP contribution in [-0.2, 0) is 6.54 Å². The molecule has 0 amide bonds. The summed E-state index contributed by atoms with van der Waals surface area (Å²) < 4.78 is 0. The first-order valence-electron chi connectivity index (χ1n) is 7.80. The molecule has 0 unspecified atom stereocenters. The van der Waals surface area contributed by atoms with Crippen LogP contribution in [0, 0.1) is 0 Å². The second kappa shape index (κ2) is 5.80. The van der Waals surface area contributed by atoms with Gasteiger partial charge < -0.3 is 10.2 Å². The predicted octanol–water partition coefficient (Wildman–Crippen LogP) is 3.51. The zero-order valence-electron chi connectivity index (χ0n) is 12.1. The van der Waals surface area contributed by atoms with Gasteiger partial charge in [0.05, 0.1) is 5.69 Å². The Morgan fingerprint density at radius 3 is 2.63 bits per heavy atom. The minimum Gasteiger partial charge on any atom is -0.345 e. The van der Waals surface area contributed by atoms with Crippen molar-refractivity contribution < 1.29 is 0 Å². The molecule has 1 aromatic rings. The molecule has 2 aliphatic rings. The molecule has 0 bridgehead atoms. The highest BCUT2D eigenvalue weighted by Crippen LogP contribution is 2.45. The molecule has 106 valence electrons. The van der Waals surface area contributed by atoms with Gasteiger partial charge in [0.2, 0.25) is 0 Å². The molecule has 19 heavy (non-hydrogen) atoms. The monoisotopic (exact) mass is 279 g/mol. The summed E-state index contributed by atoms with van der Waals surface area (Å²) in [4.78, 5) is 9.06. The molecule has 1 heterocycles. The van der Waals surface area contributed by atoms with Crippen LogP contribution in [0.25, 0.3) is 0 Å². The Morgan fingerprint density at radius 2 is 2.05 bits per heavy atom. The van der Waals surface area contributed by atoms with Gasteiger partial charge in [0.15, 0.2) is 5.13 Å². The van der Waals surface area contributed by atoms with Crippen LogP contribution in [0.1, 0.15) is 62.4 Å². The smallest absolute Gasteiger partial charge is 0.186 e. The third kappa shape index (κ3) is 3.11. The Balaban J connectivity index is 1.79. The topological polar surface area (TPSA) is 28.2 Å². The standard InChI is InChI=1S/C15H25N3S/c1-3-9-18(12-7-8-12)15-17-14(11-5-6-11)13(19-15)10-16-4-2/h11-12,16H,3-10H2,1-2H3. The Hall–Kier alpha value is -0.610. The highest BCUT2D eigenvalue weighted by molar-refractivity contribution is 7.15. The Morgan fingerprint density at radius 1 is 1.26 bits per heavy atom. The number of nitrogens with zero attached hydrogens (tertiary/aromatic N) is 2. The fourth-order valence-electron chi connectivity index (χ4n) is 2.58. The normalized spacial score (nSPS) is 18.8. The van der Waals surface area contributed by atoms with Gasteiger partial charge in [0, 0.05) is 29.9 Å². The molecule has 0 radical (unpaired) electrons. The van der Waals surface area contributed by atoms with Gasteiger partial charge in [-0.1, -0.05) is 13.8 Å². The van der Waals surface area contributed by atoms with E-state index < -0.39 is 0 Å². The van der Waals surface area contributed by atoms with Crippen LogP contribution >= 0.6 is 11.3 Å². The third-order valence-corrected chi connectivity index (χ3v) is 5.02. The average molecular weight is 279 g/mol. The highest BCUT2D eigenvalue weighted by Gasteiger charge is 2.34. The van der Waals surface area contributed by atoms with Crippen LogP contribution in [0.4, 0.5) is 5.13 Å². The van der Waals surface area contributed by atoms with Crippen LogP contribution in [0.2, 0.25) is 0 Å². The van der Waals surface area contributed by atoms with Gasteiger partial charge in [0.25, 0.3) is 0 Å². The molecule has 0 aromatic carbocycles. The van der Waals surface area contributed by atoms with Crippen LogP contribution in [-0.4, -0.2) is 24.1 Å². The molecule has 2 fully saturated rings. The zero-order valence-corrected chi connectivity index (χ0v) is 12.9. The number of thiazole rings is 1. The van der Waals surface area contributed by atoms with E-state index in [1.54, 1.807) is 0 Å². The van der Waals surface area contributed by atoms with E-state index in [0.29, 0.717) is 0 Å². The van der Waals surface area contributed by atoms with Gasteiger partial charge in [-0.15, -0.1) is 11.3 Å². The largest absolute Gasteiger partial charge is 0.345 e. The van der Waals surface area contributed by atoms with Crippen LogP contribution in [0.3, 0.4) is 0 Å². The summed E-state index contributed by atoms with van der Waals surface area (Å²) in [6.45, 7) is 7.66. The van der Waals surface area contributed by atoms with Crippen LogP contribution in [0.15, 0.2) is 0 Å². The molecular formula is C15H25N3S.